The maximum Gasteiger partial charge on any atom is 0.487 e. The van der Waals surface area contributed by atoms with Crippen molar-refractivity contribution < 1.29 is 26.3 Å². The fraction of sp³-hybridized carbons (Fsp3) is 0.0909. The van der Waals surface area contributed by atoms with Gasteiger partial charge in [0.25, 0.3) is 0 Å². The highest BCUT2D eigenvalue weighted by Crippen LogP contribution is 2.26. The summed E-state index contributed by atoms with van der Waals surface area (Å²) in [7, 11) is -5.55. The zero-order valence-corrected chi connectivity index (χ0v) is 10.6. The standard InChI is InChI=1S/C11H8F3N3O2S/c12-11(13,14)20(18,19)16-17-7-3-10(4-8-17)9-1-5-15-6-2-9/h1-8H. The molecular formula is C11H8F3N3O2S. The van der Waals surface area contributed by atoms with E-state index in [1.54, 1.807) is 24.5 Å². The van der Waals surface area contributed by atoms with E-state index in [1.165, 1.54) is 12.1 Å². The van der Waals surface area contributed by atoms with E-state index in [0.29, 0.717) is 10.2 Å². The van der Waals surface area contributed by atoms with Gasteiger partial charge >= 0.3 is 5.51 Å². The van der Waals surface area contributed by atoms with E-state index in [-0.39, 0.29) is 0 Å². The molecule has 2 aromatic heterocycles. The Bertz CT molecular complexity index is 685. The number of sulfonamides is 1. The van der Waals surface area contributed by atoms with Gasteiger partial charge < -0.3 is 4.83 Å². The van der Waals surface area contributed by atoms with Crippen LogP contribution < -0.4 is 4.68 Å². The molecule has 0 aliphatic heterocycles. The number of rotatable bonds is 3. The van der Waals surface area contributed by atoms with Crippen molar-refractivity contribution in [1.29, 1.82) is 0 Å². The number of hydrogen-bond acceptors (Lipinski definition) is 3. The fourth-order valence-electron chi connectivity index (χ4n) is 1.38. The van der Waals surface area contributed by atoms with Gasteiger partial charge in [0.05, 0.1) is 0 Å². The summed E-state index contributed by atoms with van der Waals surface area (Å²) < 4.78 is 58.8. The van der Waals surface area contributed by atoms with Crippen LogP contribution in [0.3, 0.4) is 0 Å². The number of pyridine rings is 2. The van der Waals surface area contributed by atoms with E-state index >= 15 is 0 Å². The van der Waals surface area contributed by atoms with Crippen LogP contribution >= 0.6 is 0 Å². The van der Waals surface area contributed by atoms with Gasteiger partial charge in [0.15, 0.2) is 12.4 Å². The summed E-state index contributed by atoms with van der Waals surface area (Å²) in [5, 5.41) is 0. The number of nitrogens with zero attached hydrogens (tertiary/aromatic N) is 3. The zero-order valence-electron chi connectivity index (χ0n) is 9.82. The first-order chi connectivity index (χ1) is 9.29. The molecule has 0 N–H and O–H groups in total. The Morgan fingerprint density at radius 2 is 1.50 bits per heavy atom. The van der Waals surface area contributed by atoms with Crippen molar-refractivity contribution in [3.05, 3.63) is 53.9 Å². The van der Waals surface area contributed by atoms with Gasteiger partial charge in [-0.25, -0.2) is 13.1 Å². The maximum absolute atomic E-state index is 12.2. The third-order valence-electron chi connectivity index (χ3n) is 2.32. The Morgan fingerprint density at radius 1 is 1.00 bits per heavy atom. The van der Waals surface area contributed by atoms with Crippen LogP contribution in [0.4, 0.5) is 13.2 Å². The molecule has 0 fully saturated rings. The summed E-state index contributed by atoms with van der Waals surface area (Å²) in [6.07, 6.45) is 5.38. The van der Waals surface area contributed by atoms with Crippen LogP contribution in [0.15, 0.2) is 49.1 Å². The molecule has 0 spiro atoms. The molecule has 0 saturated carbocycles. The van der Waals surface area contributed by atoms with Crippen LogP contribution in [0.25, 0.3) is 16.0 Å². The number of alkyl halides is 3. The van der Waals surface area contributed by atoms with Gasteiger partial charge in [-0.3, -0.25) is 4.98 Å². The minimum Gasteiger partial charge on any atom is -0.315 e. The molecule has 0 amide bonds. The normalized spacial score (nSPS) is 12.2. The summed E-state index contributed by atoms with van der Waals surface area (Å²) in [4.78, 5) is 6.48. The average Bonchev–Trinajstić information content (AvgIpc) is 2.39. The largest absolute Gasteiger partial charge is 0.487 e. The van der Waals surface area contributed by atoms with Crippen LogP contribution in [0.2, 0.25) is 0 Å². The first kappa shape index (κ1) is 14.3. The Hall–Kier alpha value is -2.16. The molecule has 0 aliphatic carbocycles. The Morgan fingerprint density at radius 3 is 2.00 bits per heavy atom. The Labute approximate surface area is 112 Å². The quantitative estimate of drug-likeness (QED) is 0.815. The monoisotopic (exact) mass is 303 g/mol. The van der Waals surface area contributed by atoms with Crippen molar-refractivity contribution in [3.63, 3.8) is 0 Å². The van der Waals surface area contributed by atoms with E-state index in [4.69, 9.17) is 0 Å². The van der Waals surface area contributed by atoms with Gasteiger partial charge in [-0.05, 0) is 23.3 Å². The van der Waals surface area contributed by atoms with Crippen LogP contribution in [-0.2, 0) is 10.0 Å². The maximum atomic E-state index is 12.2. The minimum absolute atomic E-state index is 0.591. The molecule has 2 rings (SSSR count). The average molecular weight is 303 g/mol. The molecule has 2 heterocycles. The lowest BCUT2D eigenvalue weighted by Crippen LogP contribution is -2.36. The van der Waals surface area contributed by atoms with Crippen LogP contribution in [-0.4, -0.2) is 18.9 Å². The van der Waals surface area contributed by atoms with Gasteiger partial charge in [-0.1, -0.05) is 0 Å². The molecule has 0 bridgehead atoms. The van der Waals surface area contributed by atoms with Crippen molar-refractivity contribution in [1.82, 2.24) is 4.98 Å². The highest BCUT2D eigenvalue weighted by molar-refractivity contribution is 7.94. The molecule has 0 saturated heterocycles. The van der Waals surface area contributed by atoms with Crippen LogP contribution in [0.5, 0.6) is 0 Å². The molecule has 9 heteroatoms. The third kappa shape index (κ3) is 3.05. The third-order valence-corrected chi connectivity index (χ3v) is 3.31. The molecule has 0 radical (unpaired) electrons. The van der Waals surface area contributed by atoms with E-state index in [2.05, 4.69) is 9.82 Å². The van der Waals surface area contributed by atoms with Crippen molar-refractivity contribution in [2.75, 3.05) is 0 Å². The predicted octanol–water partition coefficient (Wildman–Crippen LogP) is 2.02. The molecule has 106 valence electrons. The van der Waals surface area contributed by atoms with Crippen LogP contribution in [0.1, 0.15) is 0 Å². The second-order valence-corrected chi connectivity index (χ2v) is 5.28. The molecule has 20 heavy (non-hydrogen) atoms. The van der Waals surface area contributed by atoms with Gasteiger partial charge in [0.2, 0.25) is 10.0 Å². The van der Waals surface area contributed by atoms with Gasteiger partial charge in [0.1, 0.15) is 0 Å². The van der Waals surface area contributed by atoms with E-state index in [0.717, 1.165) is 18.0 Å². The Balaban J connectivity index is 2.22. The fourth-order valence-corrected chi connectivity index (χ4v) is 1.83. The SMILES string of the molecule is O=S(=O)([N-][n+]1ccc(-c2ccncc2)cc1)C(F)(F)F. The second kappa shape index (κ2) is 5.08. The second-order valence-electron chi connectivity index (χ2n) is 3.71. The molecule has 0 unspecified atom stereocenters. The lowest BCUT2D eigenvalue weighted by atomic mass is 10.1. The first-order valence-corrected chi connectivity index (χ1v) is 6.70. The molecular weight excluding hydrogens is 295 g/mol. The molecule has 2 aromatic rings. The predicted molar refractivity (Wildman–Crippen MR) is 63.6 cm³/mol. The Kier molecular flexibility index (Phi) is 3.62. The topological polar surface area (TPSA) is 65.0 Å². The van der Waals surface area contributed by atoms with Crippen molar-refractivity contribution in [2.45, 2.75) is 5.51 Å². The highest BCUT2D eigenvalue weighted by atomic mass is 32.2. The summed E-state index contributed by atoms with van der Waals surface area (Å²) in [6, 6.07) is 6.32. The minimum atomic E-state index is -5.55. The lowest BCUT2D eigenvalue weighted by molar-refractivity contribution is -0.614. The van der Waals surface area contributed by atoms with Crippen molar-refractivity contribution in [2.24, 2.45) is 0 Å². The lowest BCUT2D eigenvalue weighted by Gasteiger charge is -2.16. The van der Waals surface area contributed by atoms with E-state index < -0.39 is 15.5 Å². The van der Waals surface area contributed by atoms with Crippen molar-refractivity contribution >= 4 is 10.0 Å². The van der Waals surface area contributed by atoms with Gasteiger partial charge in [0, 0.05) is 24.5 Å². The number of hydrogen-bond donors (Lipinski definition) is 0. The van der Waals surface area contributed by atoms with Crippen LogP contribution in [0, 0.1) is 0 Å². The van der Waals surface area contributed by atoms with Gasteiger partial charge in [-0.15, -0.1) is 0 Å². The van der Waals surface area contributed by atoms with Gasteiger partial charge in [-0.2, -0.15) is 13.2 Å². The molecule has 0 aliphatic rings. The van der Waals surface area contributed by atoms with Crippen molar-refractivity contribution in [3.8, 4) is 11.1 Å². The number of aromatic nitrogens is 2. The molecule has 5 nitrogen and oxygen atoms in total. The summed E-state index contributed by atoms with van der Waals surface area (Å²) in [5.74, 6) is 0. The molecule has 0 aromatic carbocycles. The highest BCUT2D eigenvalue weighted by Gasteiger charge is 2.41. The van der Waals surface area contributed by atoms with E-state index in [1.807, 2.05) is 0 Å². The smallest absolute Gasteiger partial charge is 0.315 e. The summed E-state index contributed by atoms with van der Waals surface area (Å²) in [6.45, 7) is 0. The number of halogens is 3. The first-order valence-electron chi connectivity index (χ1n) is 5.26. The summed E-state index contributed by atoms with van der Waals surface area (Å²) >= 11 is 0. The summed E-state index contributed by atoms with van der Waals surface area (Å²) in [5.41, 5.74) is -3.92. The zero-order chi connectivity index (χ0) is 14.8. The van der Waals surface area contributed by atoms with E-state index in [9.17, 15) is 21.6 Å². The molecule has 0 atom stereocenters.